The Labute approximate surface area is 108 Å². The smallest absolute Gasteiger partial charge is 0.406 e. The van der Waals surface area contributed by atoms with Crippen LogP contribution in [-0.2, 0) is 0 Å². The van der Waals surface area contributed by atoms with E-state index in [9.17, 15) is 13.2 Å². The minimum atomic E-state index is -4.68. The van der Waals surface area contributed by atoms with E-state index in [4.69, 9.17) is 0 Å². The van der Waals surface area contributed by atoms with Crippen molar-refractivity contribution in [2.75, 3.05) is 0 Å². The molecule has 100 valence electrons. The van der Waals surface area contributed by atoms with Crippen molar-refractivity contribution in [2.24, 2.45) is 0 Å². The maximum absolute atomic E-state index is 12.1. The minimum absolute atomic E-state index is 0.242. The zero-order valence-electron chi connectivity index (χ0n) is 10.3. The van der Waals surface area contributed by atoms with Crippen molar-refractivity contribution in [3.05, 3.63) is 41.9 Å². The molecule has 0 fully saturated rings. The molecular weight excluding hydrogens is 257 g/mol. The Morgan fingerprint density at radius 3 is 2.32 bits per heavy atom. The van der Waals surface area contributed by atoms with E-state index in [1.54, 1.807) is 19.3 Å². The summed E-state index contributed by atoms with van der Waals surface area (Å²) < 4.78 is 40.1. The molecule has 0 aliphatic carbocycles. The highest BCUT2D eigenvalue weighted by atomic mass is 19.4. The Balaban J connectivity index is 2.31. The minimum Gasteiger partial charge on any atom is -0.406 e. The summed E-state index contributed by atoms with van der Waals surface area (Å²) in [4.78, 5) is 8.29. The van der Waals surface area contributed by atoms with Crippen molar-refractivity contribution < 1.29 is 17.9 Å². The largest absolute Gasteiger partial charge is 0.573 e. The molecule has 0 spiro atoms. The van der Waals surface area contributed by atoms with Gasteiger partial charge in [-0.15, -0.1) is 13.2 Å². The monoisotopic (exact) mass is 268 g/mol. The number of hydrogen-bond acceptors (Lipinski definition) is 3. The van der Waals surface area contributed by atoms with Gasteiger partial charge in [0.1, 0.15) is 5.75 Å². The van der Waals surface area contributed by atoms with E-state index >= 15 is 0 Å². The maximum atomic E-state index is 12.1. The summed E-state index contributed by atoms with van der Waals surface area (Å²) in [6, 6.07) is 4.12. The quantitative estimate of drug-likeness (QED) is 0.833. The van der Waals surface area contributed by atoms with Crippen LogP contribution in [0.3, 0.4) is 0 Å². The fraction of sp³-hybridized carbons (Fsp3) is 0.231. The lowest BCUT2D eigenvalue weighted by Crippen LogP contribution is -2.17. The van der Waals surface area contributed by atoms with Gasteiger partial charge in [-0.25, -0.2) is 0 Å². The number of halogens is 3. The molecule has 0 saturated heterocycles. The number of hydrogen-bond donors (Lipinski definition) is 0. The van der Waals surface area contributed by atoms with Gasteiger partial charge in [-0.3, -0.25) is 9.97 Å². The topological polar surface area (TPSA) is 35.0 Å². The van der Waals surface area contributed by atoms with Crippen molar-refractivity contribution in [3.63, 3.8) is 0 Å². The van der Waals surface area contributed by atoms with Gasteiger partial charge in [0, 0.05) is 11.8 Å². The first-order valence-corrected chi connectivity index (χ1v) is 5.50. The molecule has 0 atom stereocenters. The zero-order chi connectivity index (χ0) is 14.0. The Morgan fingerprint density at radius 1 is 1.05 bits per heavy atom. The van der Waals surface area contributed by atoms with Crippen molar-refractivity contribution in [3.8, 4) is 17.0 Å². The molecule has 6 heteroatoms. The SMILES string of the molecule is Cc1cnc(-c2ccc(OC(F)(F)F)cc2C)cn1. The summed E-state index contributed by atoms with van der Waals surface area (Å²) in [7, 11) is 0. The van der Waals surface area contributed by atoms with Crippen LogP contribution in [-0.4, -0.2) is 16.3 Å². The molecule has 0 aliphatic rings. The molecule has 0 N–H and O–H groups in total. The van der Waals surface area contributed by atoms with E-state index < -0.39 is 6.36 Å². The summed E-state index contributed by atoms with van der Waals surface area (Å²) in [5.74, 6) is -0.242. The van der Waals surface area contributed by atoms with E-state index in [-0.39, 0.29) is 5.75 Å². The van der Waals surface area contributed by atoms with Crippen LogP contribution in [0.5, 0.6) is 5.75 Å². The molecule has 0 unspecified atom stereocenters. The van der Waals surface area contributed by atoms with Crippen LogP contribution in [0.4, 0.5) is 13.2 Å². The standard InChI is InChI=1S/C13H11F3N2O/c1-8-5-10(19-13(14,15)16)3-4-11(8)12-7-17-9(2)6-18-12/h3-7H,1-2H3. The molecule has 0 amide bonds. The maximum Gasteiger partial charge on any atom is 0.573 e. The van der Waals surface area contributed by atoms with Gasteiger partial charge >= 0.3 is 6.36 Å². The number of rotatable bonds is 2. The highest BCUT2D eigenvalue weighted by molar-refractivity contribution is 5.63. The Bertz CT molecular complexity index is 579. The molecule has 0 bridgehead atoms. The third-order valence-electron chi connectivity index (χ3n) is 2.49. The van der Waals surface area contributed by atoms with Crippen LogP contribution in [0.1, 0.15) is 11.3 Å². The van der Waals surface area contributed by atoms with Gasteiger partial charge in [0.25, 0.3) is 0 Å². The van der Waals surface area contributed by atoms with Gasteiger partial charge in [0.15, 0.2) is 0 Å². The normalized spacial score (nSPS) is 11.4. The second-order valence-corrected chi connectivity index (χ2v) is 4.07. The molecule has 19 heavy (non-hydrogen) atoms. The number of benzene rings is 1. The summed E-state index contributed by atoms with van der Waals surface area (Å²) in [6.07, 6.45) is -1.49. The second-order valence-electron chi connectivity index (χ2n) is 4.07. The van der Waals surface area contributed by atoms with Crippen molar-refractivity contribution in [1.82, 2.24) is 9.97 Å². The molecular formula is C13H11F3N2O. The van der Waals surface area contributed by atoms with E-state index in [1.165, 1.54) is 18.2 Å². The van der Waals surface area contributed by atoms with Crippen molar-refractivity contribution >= 4 is 0 Å². The van der Waals surface area contributed by atoms with Crippen molar-refractivity contribution in [2.45, 2.75) is 20.2 Å². The number of aryl methyl sites for hydroxylation is 2. The summed E-state index contributed by atoms with van der Waals surface area (Å²) in [5, 5.41) is 0. The van der Waals surface area contributed by atoms with Crippen LogP contribution < -0.4 is 4.74 Å². The molecule has 0 aliphatic heterocycles. The molecule has 2 rings (SSSR count). The predicted molar refractivity (Wildman–Crippen MR) is 63.6 cm³/mol. The molecule has 0 saturated carbocycles. The van der Waals surface area contributed by atoms with E-state index in [0.717, 1.165) is 11.3 Å². The average molecular weight is 268 g/mol. The zero-order valence-corrected chi connectivity index (χ0v) is 10.3. The number of nitrogens with zero attached hydrogens (tertiary/aromatic N) is 2. The van der Waals surface area contributed by atoms with Crippen LogP contribution >= 0.6 is 0 Å². The van der Waals surface area contributed by atoms with Gasteiger partial charge in [-0.1, -0.05) is 0 Å². The second kappa shape index (κ2) is 4.87. The fourth-order valence-corrected chi connectivity index (χ4v) is 1.65. The molecule has 0 radical (unpaired) electrons. The lowest BCUT2D eigenvalue weighted by molar-refractivity contribution is -0.274. The van der Waals surface area contributed by atoms with Crippen LogP contribution in [0.25, 0.3) is 11.3 Å². The van der Waals surface area contributed by atoms with Gasteiger partial charge in [0.05, 0.1) is 17.6 Å². The molecule has 1 aromatic heterocycles. The summed E-state index contributed by atoms with van der Waals surface area (Å²) in [6.45, 7) is 3.50. The first kappa shape index (κ1) is 13.3. The summed E-state index contributed by atoms with van der Waals surface area (Å²) in [5.41, 5.74) is 2.75. The number of aromatic nitrogens is 2. The average Bonchev–Trinajstić information content (AvgIpc) is 2.29. The highest BCUT2D eigenvalue weighted by Crippen LogP contribution is 2.28. The third-order valence-corrected chi connectivity index (χ3v) is 2.49. The Kier molecular flexibility index (Phi) is 3.42. The van der Waals surface area contributed by atoms with E-state index in [2.05, 4.69) is 14.7 Å². The van der Waals surface area contributed by atoms with Crippen LogP contribution in [0, 0.1) is 13.8 Å². The Morgan fingerprint density at radius 2 is 1.79 bits per heavy atom. The van der Waals surface area contributed by atoms with Gasteiger partial charge in [-0.2, -0.15) is 0 Å². The third kappa shape index (κ3) is 3.43. The van der Waals surface area contributed by atoms with Crippen molar-refractivity contribution in [1.29, 1.82) is 0 Å². The number of alkyl halides is 3. The molecule has 1 heterocycles. The molecule has 2 aromatic rings. The fourth-order valence-electron chi connectivity index (χ4n) is 1.65. The van der Waals surface area contributed by atoms with E-state index in [0.29, 0.717) is 11.3 Å². The predicted octanol–water partition coefficient (Wildman–Crippen LogP) is 3.66. The summed E-state index contributed by atoms with van der Waals surface area (Å²) >= 11 is 0. The van der Waals surface area contributed by atoms with Crippen LogP contribution in [0.2, 0.25) is 0 Å². The lowest BCUT2D eigenvalue weighted by Gasteiger charge is -2.11. The number of ether oxygens (including phenoxy) is 1. The first-order chi connectivity index (χ1) is 8.85. The van der Waals surface area contributed by atoms with E-state index in [1.807, 2.05) is 6.92 Å². The Hall–Kier alpha value is -2.11. The molecule has 1 aromatic carbocycles. The van der Waals surface area contributed by atoms with Crippen LogP contribution in [0.15, 0.2) is 30.6 Å². The molecule has 3 nitrogen and oxygen atoms in total. The first-order valence-electron chi connectivity index (χ1n) is 5.50. The van der Waals surface area contributed by atoms with Gasteiger partial charge in [-0.05, 0) is 37.6 Å². The highest BCUT2D eigenvalue weighted by Gasteiger charge is 2.31. The van der Waals surface area contributed by atoms with Gasteiger partial charge in [0.2, 0.25) is 0 Å². The lowest BCUT2D eigenvalue weighted by atomic mass is 10.1. The van der Waals surface area contributed by atoms with Gasteiger partial charge < -0.3 is 4.74 Å².